The Morgan fingerprint density at radius 3 is 2.21 bits per heavy atom. The fourth-order valence-electron chi connectivity index (χ4n) is 2.77. The highest BCUT2D eigenvalue weighted by Crippen LogP contribution is 2.27. The van der Waals surface area contributed by atoms with Gasteiger partial charge in [-0.1, -0.05) is 18.2 Å². The van der Waals surface area contributed by atoms with Crippen LogP contribution >= 0.6 is 0 Å². The molecule has 2 aromatic carbocycles. The van der Waals surface area contributed by atoms with Gasteiger partial charge in [-0.05, 0) is 42.3 Å². The van der Waals surface area contributed by atoms with E-state index in [0.717, 1.165) is 30.9 Å². The largest absolute Gasteiger partial charge is 0.493 e. The van der Waals surface area contributed by atoms with E-state index in [4.69, 9.17) is 9.47 Å². The van der Waals surface area contributed by atoms with Crippen molar-refractivity contribution in [1.29, 1.82) is 0 Å². The van der Waals surface area contributed by atoms with Gasteiger partial charge in [0.25, 0.3) is 0 Å². The normalized spacial score (nSPS) is 13.4. The number of quaternary nitrogens is 1. The highest BCUT2D eigenvalue weighted by molar-refractivity contribution is 5.42. The molecular formula is C20H27FNO2+. The van der Waals surface area contributed by atoms with Crippen molar-refractivity contribution < 1.29 is 18.8 Å². The van der Waals surface area contributed by atoms with Crippen LogP contribution in [0.4, 0.5) is 4.39 Å². The molecule has 2 atom stereocenters. The maximum atomic E-state index is 13.0. The third-order valence-corrected chi connectivity index (χ3v) is 4.55. The molecule has 24 heavy (non-hydrogen) atoms. The molecule has 3 nitrogen and oxygen atoms in total. The second kappa shape index (κ2) is 8.69. The maximum Gasteiger partial charge on any atom is 0.160 e. The molecule has 0 amide bonds. The third-order valence-electron chi connectivity index (χ3n) is 4.55. The van der Waals surface area contributed by atoms with Crippen molar-refractivity contribution >= 4 is 0 Å². The first-order chi connectivity index (χ1) is 11.5. The molecule has 2 rings (SSSR count). The number of halogens is 1. The second-order valence-electron chi connectivity index (χ2n) is 6.27. The van der Waals surface area contributed by atoms with E-state index < -0.39 is 0 Å². The van der Waals surface area contributed by atoms with Crippen molar-refractivity contribution in [2.24, 2.45) is 0 Å². The monoisotopic (exact) mass is 332 g/mol. The molecule has 1 N–H and O–H groups in total. The Balaban J connectivity index is 1.89. The van der Waals surface area contributed by atoms with Gasteiger partial charge < -0.3 is 14.4 Å². The van der Waals surface area contributed by atoms with E-state index in [0.29, 0.717) is 6.04 Å². The van der Waals surface area contributed by atoms with E-state index in [9.17, 15) is 4.39 Å². The molecule has 0 spiro atoms. The fraction of sp³-hybridized carbons (Fsp3) is 0.400. The van der Waals surface area contributed by atoms with E-state index in [1.54, 1.807) is 14.2 Å². The van der Waals surface area contributed by atoms with Crippen molar-refractivity contribution in [3.63, 3.8) is 0 Å². The summed E-state index contributed by atoms with van der Waals surface area (Å²) in [6.45, 7) is 3.26. The summed E-state index contributed by atoms with van der Waals surface area (Å²) >= 11 is 0. The van der Waals surface area contributed by atoms with Gasteiger partial charge in [0, 0.05) is 12.8 Å². The van der Waals surface area contributed by atoms with Gasteiger partial charge in [-0.25, -0.2) is 4.39 Å². The van der Waals surface area contributed by atoms with E-state index in [1.807, 2.05) is 24.3 Å². The predicted octanol–water partition coefficient (Wildman–Crippen LogP) is 2.53. The number of nitrogens with one attached hydrogen (secondary N) is 1. The van der Waals surface area contributed by atoms with E-state index in [1.165, 1.54) is 28.2 Å². The Labute approximate surface area is 144 Å². The van der Waals surface area contributed by atoms with Crippen LogP contribution in [0.25, 0.3) is 0 Å². The predicted molar refractivity (Wildman–Crippen MR) is 94.6 cm³/mol. The molecule has 1 unspecified atom stereocenters. The average Bonchev–Trinajstić information content (AvgIpc) is 2.61. The summed E-state index contributed by atoms with van der Waals surface area (Å²) in [6.07, 6.45) is 1.91. The SMILES string of the molecule is COc1ccc(CC[NH+](C)[C@H](C)Cc2ccc(F)cc2)cc1OC. The molecule has 0 heterocycles. The molecule has 0 aromatic heterocycles. The minimum atomic E-state index is -0.180. The third kappa shape index (κ3) is 4.96. The molecule has 0 aliphatic heterocycles. The Hall–Kier alpha value is -2.07. The van der Waals surface area contributed by atoms with Gasteiger partial charge >= 0.3 is 0 Å². The standard InChI is InChI=1S/C20H26FNO2/c1-15(13-16-5-8-18(21)9-6-16)22(2)12-11-17-7-10-19(23-3)20(14-17)24-4/h5-10,14-15H,11-13H2,1-4H3/p+1/t15-/m1/s1. The number of ether oxygens (including phenoxy) is 2. The van der Waals surface area contributed by atoms with Gasteiger partial charge in [-0.15, -0.1) is 0 Å². The molecular weight excluding hydrogens is 305 g/mol. The van der Waals surface area contributed by atoms with Crippen LogP contribution in [-0.4, -0.2) is 33.9 Å². The lowest BCUT2D eigenvalue weighted by Crippen LogP contribution is -3.13. The number of likely N-dealkylation sites (N-methyl/N-ethyl adjacent to an activating group) is 1. The zero-order valence-electron chi connectivity index (χ0n) is 14.9. The Kier molecular flexibility index (Phi) is 6.62. The van der Waals surface area contributed by atoms with Crippen molar-refractivity contribution in [1.82, 2.24) is 0 Å². The molecule has 0 aliphatic rings. The molecule has 130 valence electrons. The van der Waals surface area contributed by atoms with Crippen LogP contribution in [0.15, 0.2) is 42.5 Å². The fourth-order valence-corrected chi connectivity index (χ4v) is 2.77. The highest BCUT2D eigenvalue weighted by Gasteiger charge is 2.14. The Bertz CT molecular complexity index is 643. The summed E-state index contributed by atoms with van der Waals surface area (Å²) in [6, 6.07) is 13.3. The summed E-state index contributed by atoms with van der Waals surface area (Å²) in [4.78, 5) is 1.45. The summed E-state index contributed by atoms with van der Waals surface area (Å²) in [5.74, 6) is 1.35. The summed E-state index contributed by atoms with van der Waals surface area (Å²) < 4.78 is 23.6. The van der Waals surface area contributed by atoms with E-state index in [-0.39, 0.29) is 5.82 Å². The average molecular weight is 332 g/mol. The topological polar surface area (TPSA) is 22.9 Å². The van der Waals surface area contributed by atoms with E-state index in [2.05, 4.69) is 20.0 Å². The van der Waals surface area contributed by atoms with Gasteiger partial charge in [0.05, 0.1) is 33.9 Å². The van der Waals surface area contributed by atoms with Gasteiger partial charge in [0.1, 0.15) is 5.82 Å². The first kappa shape index (κ1) is 18.3. The quantitative estimate of drug-likeness (QED) is 0.803. The summed E-state index contributed by atoms with van der Waals surface area (Å²) in [5.41, 5.74) is 2.41. The lowest BCUT2D eigenvalue weighted by molar-refractivity contribution is -0.903. The number of benzene rings is 2. The zero-order chi connectivity index (χ0) is 17.5. The van der Waals surface area contributed by atoms with Gasteiger partial charge in [-0.2, -0.15) is 0 Å². The molecule has 0 aliphatic carbocycles. The Morgan fingerprint density at radius 2 is 1.58 bits per heavy atom. The van der Waals surface area contributed by atoms with Crippen molar-refractivity contribution in [2.75, 3.05) is 27.8 Å². The van der Waals surface area contributed by atoms with E-state index >= 15 is 0 Å². The number of methoxy groups -OCH3 is 2. The lowest BCUT2D eigenvalue weighted by Gasteiger charge is -2.22. The molecule has 0 radical (unpaired) electrons. The van der Waals surface area contributed by atoms with Crippen molar-refractivity contribution in [2.45, 2.75) is 25.8 Å². The minimum Gasteiger partial charge on any atom is -0.493 e. The Morgan fingerprint density at radius 1 is 0.958 bits per heavy atom. The smallest absolute Gasteiger partial charge is 0.160 e. The number of rotatable bonds is 8. The number of hydrogen-bond donors (Lipinski definition) is 1. The second-order valence-corrected chi connectivity index (χ2v) is 6.27. The summed E-state index contributed by atoms with van der Waals surface area (Å²) in [7, 11) is 5.51. The van der Waals surface area contributed by atoms with Crippen LogP contribution in [0, 0.1) is 5.82 Å². The van der Waals surface area contributed by atoms with Crippen LogP contribution in [0.2, 0.25) is 0 Å². The van der Waals surface area contributed by atoms with Gasteiger partial charge in [-0.3, -0.25) is 0 Å². The van der Waals surface area contributed by atoms with Gasteiger partial charge in [0.2, 0.25) is 0 Å². The van der Waals surface area contributed by atoms with Gasteiger partial charge in [0.15, 0.2) is 11.5 Å². The molecule has 0 fully saturated rings. The van der Waals surface area contributed by atoms with Crippen molar-refractivity contribution in [3.8, 4) is 11.5 Å². The summed E-state index contributed by atoms with van der Waals surface area (Å²) in [5, 5.41) is 0. The number of hydrogen-bond acceptors (Lipinski definition) is 2. The lowest BCUT2D eigenvalue weighted by atomic mass is 10.1. The van der Waals surface area contributed by atoms with Crippen molar-refractivity contribution in [3.05, 3.63) is 59.4 Å². The molecule has 0 saturated carbocycles. The van der Waals surface area contributed by atoms with Crippen LogP contribution in [0.5, 0.6) is 11.5 Å². The van der Waals surface area contributed by atoms with Crippen LogP contribution < -0.4 is 14.4 Å². The van der Waals surface area contributed by atoms with Crippen LogP contribution in [0.3, 0.4) is 0 Å². The highest BCUT2D eigenvalue weighted by atomic mass is 19.1. The van der Waals surface area contributed by atoms with Crippen LogP contribution in [0.1, 0.15) is 18.1 Å². The molecule has 2 aromatic rings. The first-order valence-corrected chi connectivity index (χ1v) is 8.31. The molecule has 4 heteroatoms. The zero-order valence-corrected chi connectivity index (χ0v) is 14.9. The molecule has 0 saturated heterocycles. The molecule has 0 bridgehead atoms. The maximum absolute atomic E-state index is 13.0. The first-order valence-electron chi connectivity index (χ1n) is 8.31. The van der Waals surface area contributed by atoms with Crippen LogP contribution in [-0.2, 0) is 12.8 Å². The minimum absolute atomic E-state index is 0.180.